The van der Waals surface area contributed by atoms with Gasteiger partial charge in [-0.1, -0.05) is 6.07 Å². The monoisotopic (exact) mass is 269 g/mol. The summed E-state index contributed by atoms with van der Waals surface area (Å²) in [5.74, 6) is -3.30. The van der Waals surface area contributed by atoms with Crippen molar-refractivity contribution in [3.63, 3.8) is 0 Å². The predicted octanol–water partition coefficient (Wildman–Crippen LogP) is 4.42. The van der Waals surface area contributed by atoms with Crippen molar-refractivity contribution in [1.29, 1.82) is 0 Å². The molecule has 0 spiro atoms. The van der Waals surface area contributed by atoms with Crippen LogP contribution in [0.1, 0.15) is 18.5 Å². The van der Waals surface area contributed by atoms with Crippen LogP contribution in [0.4, 0.5) is 23.2 Å². The summed E-state index contributed by atoms with van der Waals surface area (Å²) in [5.41, 5.74) is 0.557. The molecule has 0 aromatic heterocycles. The molecule has 2 aromatic carbocycles. The Hall–Kier alpha value is -2.04. The van der Waals surface area contributed by atoms with Crippen molar-refractivity contribution in [2.45, 2.75) is 13.0 Å². The average Bonchev–Trinajstić information content (AvgIpc) is 2.33. The molecule has 0 heterocycles. The lowest BCUT2D eigenvalue weighted by molar-refractivity contribution is 0.509. The maximum atomic E-state index is 13.5. The van der Waals surface area contributed by atoms with Gasteiger partial charge < -0.3 is 5.32 Å². The van der Waals surface area contributed by atoms with Crippen LogP contribution in [-0.4, -0.2) is 0 Å². The summed E-state index contributed by atoms with van der Waals surface area (Å²) in [6.07, 6.45) is 0. The normalized spacial score (nSPS) is 12.3. The van der Waals surface area contributed by atoms with Gasteiger partial charge in [-0.25, -0.2) is 17.6 Å². The fraction of sp³-hybridized carbons (Fsp3) is 0.143. The molecule has 100 valence electrons. The van der Waals surface area contributed by atoms with Gasteiger partial charge in [0.1, 0.15) is 11.6 Å². The highest BCUT2D eigenvalue weighted by Crippen LogP contribution is 2.23. The van der Waals surface area contributed by atoms with Gasteiger partial charge in [-0.2, -0.15) is 0 Å². The predicted molar refractivity (Wildman–Crippen MR) is 64.8 cm³/mol. The number of benzene rings is 2. The van der Waals surface area contributed by atoms with Crippen molar-refractivity contribution in [2.75, 3.05) is 5.32 Å². The molecule has 1 nitrogen and oxygen atoms in total. The Balaban J connectivity index is 2.20. The summed E-state index contributed by atoms with van der Waals surface area (Å²) in [4.78, 5) is 0. The molecular formula is C14H11F4N. The molecule has 0 fully saturated rings. The van der Waals surface area contributed by atoms with Crippen LogP contribution in [0.15, 0.2) is 36.4 Å². The summed E-state index contributed by atoms with van der Waals surface area (Å²) < 4.78 is 52.1. The van der Waals surface area contributed by atoms with Gasteiger partial charge >= 0.3 is 0 Å². The largest absolute Gasteiger partial charge is 0.378 e. The third-order valence-electron chi connectivity index (χ3n) is 2.73. The lowest BCUT2D eigenvalue weighted by Crippen LogP contribution is -2.09. The van der Waals surface area contributed by atoms with Crippen molar-refractivity contribution < 1.29 is 17.6 Å². The fourth-order valence-electron chi connectivity index (χ4n) is 1.77. The first-order chi connectivity index (χ1) is 8.97. The molecule has 1 unspecified atom stereocenters. The highest BCUT2D eigenvalue weighted by Gasteiger charge is 2.12. The Bertz CT molecular complexity index is 598. The zero-order chi connectivity index (χ0) is 14.0. The molecule has 1 N–H and O–H groups in total. The van der Waals surface area contributed by atoms with Crippen LogP contribution in [0.25, 0.3) is 0 Å². The molecule has 2 aromatic rings. The van der Waals surface area contributed by atoms with Crippen LogP contribution in [0, 0.1) is 23.3 Å². The molecule has 0 aliphatic heterocycles. The Labute approximate surface area is 107 Å². The first kappa shape index (κ1) is 13.4. The quantitative estimate of drug-likeness (QED) is 0.813. The summed E-state index contributed by atoms with van der Waals surface area (Å²) in [5, 5.41) is 2.82. The van der Waals surface area contributed by atoms with E-state index in [0.717, 1.165) is 24.3 Å². The van der Waals surface area contributed by atoms with Crippen LogP contribution in [0.2, 0.25) is 0 Å². The van der Waals surface area contributed by atoms with Gasteiger partial charge in [0.05, 0.1) is 6.04 Å². The standard InChI is InChI=1S/C14H11F4N/c1-8(11-4-2-9(15)6-13(11)17)19-10-3-5-12(16)14(18)7-10/h2-8,19H,1H3. The first-order valence-electron chi connectivity index (χ1n) is 5.64. The minimum absolute atomic E-state index is 0.242. The molecule has 5 heteroatoms. The van der Waals surface area contributed by atoms with E-state index in [1.807, 2.05) is 0 Å². The van der Waals surface area contributed by atoms with Crippen molar-refractivity contribution in [2.24, 2.45) is 0 Å². The lowest BCUT2D eigenvalue weighted by atomic mass is 10.1. The van der Waals surface area contributed by atoms with Crippen molar-refractivity contribution >= 4 is 5.69 Å². The summed E-state index contributed by atoms with van der Waals surface area (Å²) in [6.45, 7) is 1.64. The third kappa shape index (κ3) is 3.05. The molecule has 19 heavy (non-hydrogen) atoms. The second-order valence-electron chi connectivity index (χ2n) is 4.16. The summed E-state index contributed by atoms with van der Waals surface area (Å²) in [7, 11) is 0. The molecule has 0 amide bonds. The Morgan fingerprint density at radius 3 is 2.21 bits per heavy atom. The molecule has 1 atom stereocenters. The van der Waals surface area contributed by atoms with Crippen LogP contribution in [0.5, 0.6) is 0 Å². The maximum Gasteiger partial charge on any atom is 0.160 e. The lowest BCUT2D eigenvalue weighted by Gasteiger charge is -2.16. The molecule has 2 rings (SSSR count). The van der Waals surface area contributed by atoms with Gasteiger partial charge in [0.25, 0.3) is 0 Å². The van der Waals surface area contributed by atoms with Gasteiger partial charge in [0.15, 0.2) is 11.6 Å². The number of nitrogens with one attached hydrogen (secondary N) is 1. The van der Waals surface area contributed by atoms with E-state index in [1.54, 1.807) is 6.92 Å². The molecule has 0 saturated carbocycles. The zero-order valence-corrected chi connectivity index (χ0v) is 10.1. The van der Waals surface area contributed by atoms with Gasteiger partial charge in [-0.15, -0.1) is 0 Å². The Morgan fingerprint density at radius 2 is 1.58 bits per heavy atom. The third-order valence-corrected chi connectivity index (χ3v) is 2.73. The van der Waals surface area contributed by atoms with E-state index in [4.69, 9.17) is 0 Å². The zero-order valence-electron chi connectivity index (χ0n) is 10.1. The van der Waals surface area contributed by atoms with Crippen molar-refractivity contribution in [1.82, 2.24) is 0 Å². The summed E-state index contributed by atoms with van der Waals surface area (Å²) >= 11 is 0. The second-order valence-corrected chi connectivity index (χ2v) is 4.16. The maximum absolute atomic E-state index is 13.5. The number of anilines is 1. The van der Waals surface area contributed by atoms with E-state index in [2.05, 4.69) is 5.32 Å². The van der Waals surface area contributed by atoms with Gasteiger partial charge in [0, 0.05) is 23.4 Å². The summed E-state index contributed by atoms with van der Waals surface area (Å²) in [6, 6.07) is 6.02. The van der Waals surface area contributed by atoms with Crippen molar-refractivity contribution in [3.8, 4) is 0 Å². The van der Waals surface area contributed by atoms with E-state index >= 15 is 0 Å². The van der Waals surface area contributed by atoms with Crippen LogP contribution < -0.4 is 5.32 Å². The molecule has 0 saturated heterocycles. The highest BCUT2D eigenvalue weighted by molar-refractivity contribution is 5.46. The smallest absolute Gasteiger partial charge is 0.160 e. The van der Waals surface area contributed by atoms with E-state index in [9.17, 15) is 17.6 Å². The van der Waals surface area contributed by atoms with Gasteiger partial charge in [-0.05, 0) is 25.1 Å². The highest BCUT2D eigenvalue weighted by atomic mass is 19.2. The molecule has 0 aliphatic rings. The minimum Gasteiger partial charge on any atom is -0.378 e. The van der Waals surface area contributed by atoms with Gasteiger partial charge in [0.2, 0.25) is 0 Å². The van der Waals surface area contributed by atoms with Crippen molar-refractivity contribution in [3.05, 3.63) is 65.2 Å². The fourth-order valence-corrected chi connectivity index (χ4v) is 1.77. The SMILES string of the molecule is CC(Nc1ccc(F)c(F)c1)c1ccc(F)cc1F. The number of rotatable bonds is 3. The molecule has 0 aliphatic carbocycles. The minimum atomic E-state index is -0.989. The van der Waals surface area contributed by atoms with E-state index in [0.29, 0.717) is 5.69 Å². The van der Waals surface area contributed by atoms with E-state index in [-0.39, 0.29) is 5.56 Å². The molecule has 0 bridgehead atoms. The van der Waals surface area contributed by atoms with Gasteiger partial charge in [-0.3, -0.25) is 0 Å². The average molecular weight is 269 g/mol. The molecule has 0 radical (unpaired) electrons. The topological polar surface area (TPSA) is 12.0 Å². The molecular weight excluding hydrogens is 258 g/mol. The van der Waals surface area contributed by atoms with E-state index in [1.165, 1.54) is 12.1 Å². The van der Waals surface area contributed by atoms with Crippen LogP contribution >= 0.6 is 0 Å². The van der Waals surface area contributed by atoms with E-state index < -0.39 is 29.3 Å². The van der Waals surface area contributed by atoms with Crippen LogP contribution in [0.3, 0.4) is 0 Å². The Morgan fingerprint density at radius 1 is 0.842 bits per heavy atom. The first-order valence-corrected chi connectivity index (χ1v) is 5.64. The second kappa shape index (κ2) is 5.30. The van der Waals surface area contributed by atoms with Crippen LogP contribution in [-0.2, 0) is 0 Å². The number of hydrogen-bond donors (Lipinski definition) is 1. The number of hydrogen-bond acceptors (Lipinski definition) is 1. The number of halogens is 4. The Kier molecular flexibility index (Phi) is 3.74.